The van der Waals surface area contributed by atoms with Crippen LogP contribution in [0, 0.1) is 0 Å². The lowest BCUT2D eigenvalue weighted by Crippen LogP contribution is -2.35. The third-order valence-corrected chi connectivity index (χ3v) is 6.88. The first-order chi connectivity index (χ1) is 20.9. The number of amides is 2. The predicted octanol–water partition coefficient (Wildman–Crippen LogP) is 7.18. The first kappa shape index (κ1) is 32.1. The van der Waals surface area contributed by atoms with Crippen LogP contribution in [0.1, 0.15) is 27.0 Å². The number of aliphatic carboxylic acids is 1. The van der Waals surface area contributed by atoms with E-state index in [-0.39, 0.29) is 29.1 Å². The maximum atomic E-state index is 13.5. The third kappa shape index (κ3) is 8.83. The molecule has 0 heterocycles. The van der Waals surface area contributed by atoms with Gasteiger partial charge in [-0.05, 0) is 83.9 Å². The second kappa shape index (κ2) is 14.1. The number of benzene rings is 4. The standard InChI is InChI=1S/C32H26BrF3N2O6/c1-43-27-13-6-22(28(17-27)32(34,35)36)16-29(39)37-24-9-4-21(5-10-24)31(42)38(19-30(40)41)18-20-2-11-25(12-3-20)44-26-14-7-23(33)8-15-26/h2-15,17H,16,18-19H2,1H3,(H,37,39)(H,40,41). The molecule has 0 bridgehead atoms. The number of nitrogens with zero attached hydrogens (tertiary/aromatic N) is 1. The maximum Gasteiger partial charge on any atom is 0.416 e. The van der Waals surface area contributed by atoms with Crippen LogP contribution in [0.25, 0.3) is 0 Å². The van der Waals surface area contributed by atoms with E-state index in [0.717, 1.165) is 15.4 Å². The van der Waals surface area contributed by atoms with Crippen LogP contribution in [-0.2, 0) is 28.7 Å². The molecule has 0 saturated heterocycles. The van der Waals surface area contributed by atoms with Gasteiger partial charge in [0, 0.05) is 22.3 Å². The molecule has 8 nitrogen and oxygen atoms in total. The van der Waals surface area contributed by atoms with Gasteiger partial charge >= 0.3 is 12.1 Å². The van der Waals surface area contributed by atoms with E-state index in [0.29, 0.717) is 17.1 Å². The molecule has 0 fully saturated rings. The first-order valence-electron chi connectivity index (χ1n) is 13.1. The Morgan fingerprint density at radius 1 is 0.864 bits per heavy atom. The molecule has 0 atom stereocenters. The molecule has 4 rings (SSSR count). The largest absolute Gasteiger partial charge is 0.497 e. The Labute approximate surface area is 259 Å². The van der Waals surface area contributed by atoms with Crippen LogP contribution < -0.4 is 14.8 Å². The summed E-state index contributed by atoms with van der Waals surface area (Å²) in [5.41, 5.74) is -0.116. The molecule has 0 aliphatic carbocycles. The van der Waals surface area contributed by atoms with Gasteiger partial charge in [-0.2, -0.15) is 13.2 Å². The van der Waals surface area contributed by atoms with Crippen molar-refractivity contribution in [3.63, 3.8) is 0 Å². The van der Waals surface area contributed by atoms with Crippen LogP contribution in [-0.4, -0.2) is 41.4 Å². The smallest absolute Gasteiger partial charge is 0.416 e. The van der Waals surface area contributed by atoms with Crippen molar-refractivity contribution in [3.05, 3.63) is 118 Å². The van der Waals surface area contributed by atoms with E-state index in [1.54, 1.807) is 36.4 Å². The van der Waals surface area contributed by atoms with Crippen LogP contribution in [0.15, 0.2) is 95.5 Å². The van der Waals surface area contributed by atoms with Gasteiger partial charge in [0.15, 0.2) is 0 Å². The Bertz CT molecular complexity index is 1630. The van der Waals surface area contributed by atoms with Crippen molar-refractivity contribution in [1.82, 2.24) is 4.90 Å². The molecule has 0 aromatic heterocycles. The molecule has 0 spiro atoms. The van der Waals surface area contributed by atoms with Gasteiger partial charge in [-0.25, -0.2) is 0 Å². The average molecular weight is 671 g/mol. The quantitative estimate of drug-likeness (QED) is 0.175. The van der Waals surface area contributed by atoms with Crippen LogP contribution in [0.4, 0.5) is 18.9 Å². The summed E-state index contributed by atoms with van der Waals surface area (Å²) < 4.78 is 52.0. The number of ether oxygens (including phenoxy) is 2. The Balaban J connectivity index is 1.40. The Morgan fingerprint density at radius 3 is 2.02 bits per heavy atom. The van der Waals surface area contributed by atoms with Gasteiger partial charge < -0.3 is 24.8 Å². The van der Waals surface area contributed by atoms with Crippen LogP contribution >= 0.6 is 15.9 Å². The van der Waals surface area contributed by atoms with Gasteiger partial charge in [-0.1, -0.05) is 34.1 Å². The van der Waals surface area contributed by atoms with Crippen LogP contribution in [0.3, 0.4) is 0 Å². The number of carboxylic acids is 1. The molecule has 2 N–H and O–H groups in total. The van der Waals surface area contributed by atoms with Gasteiger partial charge in [0.1, 0.15) is 23.8 Å². The van der Waals surface area contributed by atoms with E-state index in [1.807, 2.05) is 12.1 Å². The zero-order valence-electron chi connectivity index (χ0n) is 23.2. The highest BCUT2D eigenvalue weighted by Gasteiger charge is 2.34. The zero-order chi connectivity index (χ0) is 31.9. The summed E-state index contributed by atoms with van der Waals surface area (Å²) in [5.74, 6) is -1.24. The van der Waals surface area contributed by atoms with Crippen molar-refractivity contribution in [2.24, 2.45) is 0 Å². The molecular weight excluding hydrogens is 645 g/mol. The number of halogens is 4. The van der Waals surface area contributed by atoms with Gasteiger partial charge in [-0.15, -0.1) is 0 Å². The summed E-state index contributed by atoms with van der Waals surface area (Å²) in [6, 6.07) is 23.1. The number of alkyl halides is 3. The summed E-state index contributed by atoms with van der Waals surface area (Å²) in [6.07, 6.45) is -5.22. The van der Waals surface area contributed by atoms with Crippen LogP contribution in [0.2, 0.25) is 0 Å². The second-order valence-electron chi connectivity index (χ2n) is 9.58. The highest BCUT2D eigenvalue weighted by atomic mass is 79.9. The molecule has 12 heteroatoms. The summed E-state index contributed by atoms with van der Waals surface area (Å²) in [7, 11) is 1.25. The fourth-order valence-corrected chi connectivity index (χ4v) is 4.51. The number of rotatable bonds is 11. The van der Waals surface area contributed by atoms with E-state index in [9.17, 15) is 32.7 Å². The molecule has 0 aliphatic heterocycles. The van der Waals surface area contributed by atoms with E-state index in [1.165, 1.54) is 43.5 Å². The Hall–Kier alpha value is -4.84. The first-order valence-corrected chi connectivity index (χ1v) is 13.9. The van der Waals surface area contributed by atoms with Crippen LogP contribution in [0.5, 0.6) is 17.2 Å². The second-order valence-corrected chi connectivity index (χ2v) is 10.5. The molecule has 0 aliphatic rings. The number of carbonyl (C=O) groups is 3. The molecule has 4 aromatic carbocycles. The van der Waals surface area contributed by atoms with E-state index >= 15 is 0 Å². The third-order valence-electron chi connectivity index (χ3n) is 6.35. The lowest BCUT2D eigenvalue weighted by molar-refractivity contribution is -0.139. The Morgan fingerprint density at radius 2 is 1.45 bits per heavy atom. The fourth-order valence-electron chi connectivity index (χ4n) is 4.24. The number of anilines is 1. The summed E-state index contributed by atoms with van der Waals surface area (Å²) in [6.45, 7) is -0.552. The van der Waals surface area contributed by atoms with Gasteiger partial charge in [0.25, 0.3) is 5.91 Å². The molecule has 4 aromatic rings. The van der Waals surface area contributed by atoms with Crippen molar-refractivity contribution in [2.75, 3.05) is 19.0 Å². The lowest BCUT2D eigenvalue weighted by Gasteiger charge is -2.21. The number of nitrogens with one attached hydrogen (secondary N) is 1. The van der Waals surface area contributed by atoms with E-state index in [2.05, 4.69) is 21.2 Å². The van der Waals surface area contributed by atoms with E-state index in [4.69, 9.17) is 9.47 Å². The average Bonchev–Trinajstić information content (AvgIpc) is 2.98. The van der Waals surface area contributed by atoms with Crippen molar-refractivity contribution in [3.8, 4) is 17.2 Å². The molecule has 0 radical (unpaired) electrons. The maximum absolute atomic E-state index is 13.5. The summed E-state index contributed by atoms with van der Waals surface area (Å²) in [5, 5.41) is 11.9. The molecular formula is C32H26BrF3N2O6. The molecule has 44 heavy (non-hydrogen) atoms. The van der Waals surface area contributed by atoms with Gasteiger partial charge in [-0.3, -0.25) is 14.4 Å². The van der Waals surface area contributed by atoms with Crippen molar-refractivity contribution in [1.29, 1.82) is 0 Å². The number of carbonyl (C=O) groups excluding carboxylic acids is 2. The molecule has 2 amide bonds. The topological polar surface area (TPSA) is 105 Å². The van der Waals surface area contributed by atoms with Crippen molar-refractivity contribution < 1.29 is 42.1 Å². The minimum absolute atomic E-state index is 0.00554. The summed E-state index contributed by atoms with van der Waals surface area (Å²) in [4.78, 5) is 38.4. The highest BCUT2D eigenvalue weighted by Crippen LogP contribution is 2.35. The molecule has 0 saturated carbocycles. The van der Waals surface area contributed by atoms with Gasteiger partial charge in [0.05, 0.1) is 19.1 Å². The van der Waals surface area contributed by atoms with Gasteiger partial charge in [0.2, 0.25) is 5.91 Å². The number of hydrogen-bond acceptors (Lipinski definition) is 5. The Kier molecular flexibility index (Phi) is 10.3. The monoisotopic (exact) mass is 670 g/mol. The minimum Gasteiger partial charge on any atom is -0.497 e. The van der Waals surface area contributed by atoms with Crippen molar-refractivity contribution >= 4 is 39.4 Å². The fraction of sp³-hybridized carbons (Fsp3) is 0.156. The number of hydrogen-bond donors (Lipinski definition) is 2. The van der Waals surface area contributed by atoms with Crippen molar-refractivity contribution in [2.45, 2.75) is 19.1 Å². The number of methoxy groups -OCH3 is 1. The SMILES string of the molecule is COc1ccc(CC(=O)Nc2ccc(C(=O)N(CC(=O)O)Cc3ccc(Oc4ccc(Br)cc4)cc3)cc2)c(C(F)(F)F)c1. The molecule has 0 unspecified atom stereocenters. The zero-order valence-corrected chi connectivity index (χ0v) is 24.8. The number of carboxylic acid groups (broad SMARTS) is 1. The lowest BCUT2D eigenvalue weighted by atomic mass is 10.0. The normalized spacial score (nSPS) is 11.0. The van der Waals surface area contributed by atoms with E-state index < -0.39 is 42.5 Å². The highest BCUT2D eigenvalue weighted by molar-refractivity contribution is 9.10. The molecule has 228 valence electrons. The minimum atomic E-state index is -4.68. The predicted molar refractivity (Wildman–Crippen MR) is 160 cm³/mol. The summed E-state index contributed by atoms with van der Waals surface area (Å²) >= 11 is 3.36.